The van der Waals surface area contributed by atoms with Gasteiger partial charge in [0.25, 0.3) is 0 Å². The molecule has 17 heavy (non-hydrogen) atoms. The molecule has 86 valence electrons. The van der Waals surface area contributed by atoms with Crippen molar-refractivity contribution in [2.24, 2.45) is 5.73 Å². The van der Waals surface area contributed by atoms with Crippen molar-refractivity contribution in [3.05, 3.63) is 42.2 Å². The van der Waals surface area contributed by atoms with E-state index in [0.29, 0.717) is 0 Å². The van der Waals surface area contributed by atoms with E-state index in [-0.39, 0.29) is 0 Å². The van der Waals surface area contributed by atoms with Crippen LogP contribution in [-0.4, -0.2) is 11.5 Å². The van der Waals surface area contributed by atoms with Crippen LogP contribution in [0.1, 0.15) is 24.8 Å². The van der Waals surface area contributed by atoms with Crippen LogP contribution in [0, 0.1) is 11.8 Å². The third-order valence-corrected chi connectivity index (χ3v) is 2.65. The molecular formula is C15H16N2. The van der Waals surface area contributed by atoms with Crippen LogP contribution in [0.5, 0.6) is 0 Å². The largest absolute Gasteiger partial charge is 0.330 e. The molecular weight excluding hydrogens is 208 g/mol. The number of benzene rings is 1. The molecule has 2 nitrogen and oxygen atoms in total. The van der Waals surface area contributed by atoms with E-state index in [1.165, 1.54) is 5.39 Å². The maximum atomic E-state index is 5.44. The van der Waals surface area contributed by atoms with Crippen molar-refractivity contribution in [2.45, 2.75) is 19.3 Å². The molecule has 0 aliphatic carbocycles. The number of aromatic nitrogens is 1. The standard InChI is InChI=1S/C15H16N2/c16-10-6-2-1-3-7-13-11-17-12-14-8-4-5-9-15(13)14/h4-5,8-9,11-12H,1-2,6,10,16H2. The first-order valence-corrected chi connectivity index (χ1v) is 5.93. The molecule has 0 saturated heterocycles. The van der Waals surface area contributed by atoms with Crippen LogP contribution in [0.3, 0.4) is 0 Å². The van der Waals surface area contributed by atoms with Crippen molar-refractivity contribution < 1.29 is 0 Å². The molecule has 1 aromatic heterocycles. The van der Waals surface area contributed by atoms with Gasteiger partial charge in [-0.1, -0.05) is 36.1 Å². The summed E-state index contributed by atoms with van der Waals surface area (Å²) < 4.78 is 0. The Kier molecular flexibility index (Phi) is 4.12. The van der Waals surface area contributed by atoms with E-state index in [9.17, 15) is 0 Å². The summed E-state index contributed by atoms with van der Waals surface area (Å²) in [6, 6.07) is 8.19. The third-order valence-electron chi connectivity index (χ3n) is 2.65. The Bertz CT molecular complexity index is 544. The summed E-state index contributed by atoms with van der Waals surface area (Å²) in [5.74, 6) is 6.38. The van der Waals surface area contributed by atoms with Gasteiger partial charge in [-0.2, -0.15) is 0 Å². The van der Waals surface area contributed by atoms with Crippen LogP contribution in [0.15, 0.2) is 36.7 Å². The Morgan fingerprint density at radius 3 is 2.88 bits per heavy atom. The quantitative estimate of drug-likeness (QED) is 0.643. The average Bonchev–Trinajstić information content (AvgIpc) is 2.39. The first-order chi connectivity index (χ1) is 8.42. The number of nitrogens with zero attached hydrogens (tertiary/aromatic N) is 1. The van der Waals surface area contributed by atoms with Crippen molar-refractivity contribution in [1.82, 2.24) is 4.98 Å². The van der Waals surface area contributed by atoms with Gasteiger partial charge < -0.3 is 5.73 Å². The highest BCUT2D eigenvalue weighted by molar-refractivity contribution is 5.87. The fourth-order valence-corrected chi connectivity index (χ4v) is 1.73. The first-order valence-electron chi connectivity index (χ1n) is 5.93. The van der Waals surface area contributed by atoms with Gasteiger partial charge in [-0.25, -0.2) is 0 Å². The van der Waals surface area contributed by atoms with Crippen LogP contribution < -0.4 is 5.73 Å². The number of rotatable bonds is 3. The zero-order valence-electron chi connectivity index (χ0n) is 9.82. The SMILES string of the molecule is NCCCCC#Cc1cncc2ccccc12. The Balaban J connectivity index is 2.18. The van der Waals surface area contributed by atoms with Crippen molar-refractivity contribution in [3.63, 3.8) is 0 Å². The number of nitrogens with two attached hydrogens (primary N) is 1. The van der Waals surface area contributed by atoms with E-state index in [2.05, 4.69) is 29.0 Å². The lowest BCUT2D eigenvalue weighted by atomic mass is 10.1. The summed E-state index contributed by atoms with van der Waals surface area (Å²) in [5.41, 5.74) is 6.45. The van der Waals surface area contributed by atoms with E-state index in [0.717, 1.165) is 36.8 Å². The van der Waals surface area contributed by atoms with Gasteiger partial charge in [0.2, 0.25) is 0 Å². The van der Waals surface area contributed by atoms with Gasteiger partial charge in [0.15, 0.2) is 0 Å². The molecule has 0 unspecified atom stereocenters. The number of unbranched alkanes of at least 4 members (excludes halogenated alkanes) is 2. The van der Waals surface area contributed by atoms with Crippen molar-refractivity contribution in [1.29, 1.82) is 0 Å². The number of hydrogen-bond donors (Lipinski definition) is 1. The van der Waals surface area contributed by atoms with Gasteiger partial charge in [-0.05, 0) is 19.4 Å². The topological polar surface area (TPSA) is 38.9 Å². The lowest BCUT2D eigenvalue weighted by Crippen LogP contribution is -1.96. The molecule has 0 radical (unpaired) electrons. The van der Waals surface area contributed by atoms with E-state index in [1.54, 1.807) is 0 Å². The maximum absolute atomic E-state index is 5.44. The van der Waals surface area contributed by atoms with Gasteiger partial charge in [-0.15, -0.1) is 0 Å². The van der Waals surface area contributed by atoms with E-state index >= 15 is 0 Å². The molecule has 0 bridgehead atoms. The molecule has 0 saturated carbocycles. The van der Waals surface area contributed by atoms with Crippen LogP contribution in [0.25, 0.3) is 10.8 Å². The second-order valence-corrected chi connectivity index (χ2v) is 3.96. The number of fused-ring (bicyclic) bond motifs is 1. The minimum Gasteiger partial charge on any atom is -0.330 e. The predicted octanol–water partition coefficient (Wildman–Crippen LogP) is 2.72. The molecule has 0 spiro atoms. The van der Waals surface area contributed by atoms with Crippen LogP contribution in [0.4, 0.5) is 0 Å². The summed E-state index contributed by atoms with van der Waals surface area (Å²) in [7, 11) is 0. The molecule has 1 aromatic carbocycles. The summed E-state index contributed by atoms with van der Waals surface area (Å²) >= 11 is 0. The zero-order chi connectivity index (χ0) is 11.9. The van der Waals surface area contributed by atoms with E-state index in [4.69, 9.17) is 5.73 Å². The minimum absolute atomic E-state index is 0.748. The fraction of sp³-hybridized carbons (Fsp3) is 0.267. The normalized spacial score (nSPS) is 9.94. The highest BCUT2D eigenvalue weighted by Gasteiger charge is 1.96. The zero-order valence-corrected chi connectivity index (χ0v) is 9.82. The second kappa shape index (κ2) is 6.03. The Labute approximate surface area is 102 Å². The van der Waals surface area contributed by atoms with Crippen LogP contribution in [0.2, 0.25) is 0 Å². The van der Waals surface area contributed by atoms with Crippen LogP contribution in [-0.2, 0) is 0 Å². The summed E-state index contributed by atoms with van der Waals surface area (Å²) in [4.78, 5) is 4.21. The average molecular weight is 224 g/mol. The Hall–Kier alpha value is -1.85. The smallest absolute Gasteiger partial charge is 0.0507 e. The molecule has 0 aliphatic heterocycles. The lowest BCUT2D eigenvalue weighted by Gasteiger charge is -1.98. The van der Waals surface area contributed by atoms with Crippen molar-refractivity contribution >= 4 is 10.8 Å². The minimum atomic E-state index is 0.748. The van der Waals surface area contributed by atoms with Gasteiger partial charge in [0.05, 0.1) is 5.56 Å². The fourth-order valence-electron chi connectivity index (χ4n) is 1.73. The van der Waals surface area contributed by atoms with Crippen LogP contribution >= 0.6 is 0 Å². The molecule has 2 rings (SSSR count). The predicted molar refractivity (Wildman–Crippen MR) is 71.5 cm³/mol. The number of hydrogen-bond acceptors (Lipinski definition) is 2. The maximum Gasteiger partial charge on any atom is 0.0507 e. The molecule has 1 heterocycles. The highest BCUT2D eigenvalue weighted by Crippen LogP contribution is 2.15. The molecule has 0 amide bonds. The van der Waals surface area contributed by atoms with Gasteiger partial charge in [0, 0.05) is 29.6 Å². The van der Waals surface area contributed by atoms with Crippen molar-refractivity contribution in [3.8, 4) is 11.8 Å². The monoisotopic (exact) mass is 224 g/mol. The van der Waals surface area contributed by atoms with Gasteiger partial charge >= 0.3 is 0 Å². The number of pyridine rings is 1. The molecule has 0 fully saturated rings. The van der Waals surface area contributed by atoms with E-state index < -0.39 is 0 Å². The molecule has 2 aromatic rings. The first kappa shape index (κ1) is 11.6. The summed E-state index contributed by atoms with van der Waals surface area (Å²) in [5, 5.41) is 2.31. The van der Waals surface area contributed by atoms with Crippen molar-refractivity contribution in [2.75, 3.05) is 6.54 Å². The molecule has 2 heteroatoms. The van der Waals surface area contributed by atoms with Gasteiger partial charge in [-0.3, -0.25) is 4.98 Å². The highest BCUT2D eigenvalue weighted by atomic mass is 14.6. The molecule has 0 aliphatic rings. The lowest BCUT2D eigenvalue weighted by molar-refractivity contribution is 0.768. The second-order valence-electron chi connectivity index (χ2n) is 3.96. The summed E-state index contributed by atoms with van der Waals surface area (Å²) in [6.07, 6.45) is 6.72. The summed E-state index contributed by atoms with van der Waals surface area (Å²) in [6.45, 7) is 0.748. The third kappa shape index (κ3) is 3.05. The Morgan fingerprint density at radius 1 is 1.12 bits per heavy atom. The van der Waals surface area contributed by atoms with Gasteiger partial charge in [0.1, 0.15) is 0 Å². The molecule has 0 atom stereocenters. The van der Waals surface area contributed by atoms with E-state index in [1.807, 2.05) is 24.5 Å². The molecule has 2 N–H and O–H groups in total. The Morgan fingerprint density at radius 2 is 2.00 bits per heavy atom.